The Hall–Kier alpha value is -3.51. The fourth-order valence-electron chi connectivity index (χ4n) is 3.37. The monoisotopic (exact) mass is 419 g/mol. The summed E-state index contributed by atoms with van der Waals surface area (Å²) in [6.07, 6.45) is 3.65. The number of fused-ring (bicyclic) bond motifs is 1. The van der Waals surface area contributed by atoms with E-state index in [1.165, 1.54) is 3.97 Å². The first-order chi connectivity index (χ1) is 14.5. The molecule has 0 saturated heterocycles. The summed E-state index contributed by atoms with van der Waals surface area (Å²) >= 11 is 0. The largest absolute Gasteiger partial charge is 0.493 e. The molecule has 4 rings (SSSR count). The van der Waals surface area contributed by atoms with E-state index in [1.807, 2.05) is 54.6 Å². The van der Waals surface area contributed by atoms with Crippen molar-refractivity contribution in [1.82, 2.24) is 3.97 Å². The highest BCUT2D eigenvalue weighted by Gasteiger charge is 2.21. The normalized spacial score (nSPS) is 11.8. The smallest absolute Gasteiger partial charge is 0.268 e. The minimum absolute atomic E-state index is 0.243. The number of hydrogen-bond acceptors (Lipinski definition) is 4. The number of rotatable bonds is 6. The third-order valence-electron chi connectivity index (χ3n) is 4.83. The highest BCUT2D eigenvalue weighted by Crippen LogP contribution is 2.30. The molecular formula is C24H21NO4S. The van der Waals surface area contributed by atoms with Crippen molar-refractivity contribution in [2.45, 2.75) is 4.90 Å². The van der Waals surface area contributed by atoms with E-state index in [1.54, 1.807) is 50.6 Å². The van der Waals surface area contributed by atoms with Gasteiger partial charge >= 0.3 is 0 Å². The average molecular weight is 420 g/mol. The number of hydrogen-bond donors (Lipinski definition) is 0. The van der Waals surface area contributed by atoms with Crippen molar-refractivity contribution in [2.75, 3.05) is 14.2 Å². The topological polar surface area (TPSA) is 57.5 Å². The quantitative estimate of drug-likeness (QED) is 0.438. The Morgan fingerprint density at radius 1 is 0.767 bits per heavy atom. The number of aromatic nitrogens is 1. The van der Waals surface area contributed by atoms with Crippen molar-refractivity contribution >= 4 is 33.1 Å². The third kappa shape index (κ3) is 3.57. The van der Waals surface area contributed by atoms with Crippen molar-refractivity contribution in [2.24, 2.45) is 0 Å². The summed E-state index contributed by atoms with van der Waals surface area (Å²) in [5.41, 5.74) is 2.06. The van der Waals surface area contributed by atoms with Crippen LogP contribution in [0.15, 0.2) is 83.8 Å². The Kier molecular flexibility index (Phi) is 5.33. The predicted molar refractivity (Wildman–Crippen MR) is 119 cm³/mol. The maximum Gasteiger partial charge on any atom is 0.268 e. The van der Waals surface area contributed by atoms with Crippen molar-refractivity contribution < 1.29 is 17.9 Å². The molecule has 0 aliphatic rings. The molecule has 4 aromatic rings. The molecule has 0 bridgehead atoms. The van der Waals surface area contributed by atoms with Crippen LogP contribution in [0.3, 0.4) is 0 Å². The lowest BCUT2D eigenvalue weighted by atomic mass is 10.1. The Balaban J connectivity index is 1.84. The minimum Gasteiger partial charge on any atom is -0.493 e. The molecule has 0 spiro atoms. The van der Waals surface area contributed by atoms with Crippen LogP contribution in [-0.2, 0) is 10.0 Å². The van der Waals surface area contributed by atoms with E-state index in [0.717, 1.165) is 10.9 Å². The first kappa shape index (κ1) is 19.8. The minimum atomic E-state index is -3.76. The Morgan fingerprint density at radius 3 is 2.20 bits per heavy atom. The summed E-state index contributed by atoms with van der Waals surface area (Å²) in [5, 5.41) is 0.851. The number of ether oxygens (including phenoxy) is 2. The Bertz CT molecular complexity index is 1320. The highest BCUT2D eigenvalue weighted by molar-refractivity contribution is 7.90. The average Bonchev–Trinajstić information content (AvgIpc) is 3.17. The van der Waals surface area contributed by atoms with Gasteiger partial charge in [0.2, 0.25) is 0 Å². The number of methoxy groups -OCH3 is 2. The van der Waals surface area contributed by atoms with Gasteiger partial charge in [0.1, 0.15) is 0 Å². The van der Waals surface area contributed by atoms with Crippen LogP contribution in [-0.4, -0.2) is 26.6 Å². The summed E-state index contributed by atoms with van der Waals surface area (Å²) < 4.78 is 38.8. The first-order valence-corrected chi connectivity index (χ1v) is 10.8. The molecule has 0 aliphatic carbocycles. The molecular weight excluding hydrogens is 398 g/mol. The molecule has 0 fully saturated rings. The Morgan fingerprint density at radius 2 is 1.47 bits per heavy atom. The van der Waals surface area contributed by atoms with E-state index in [9.17, 15) is 8.42 Å². The summed E-state index contributed by atoms with van der Waals surface area (Å²) in [7, 11) is -0.597. The third-order valence-corrected chi connectivity index (χ3v) is 6.59. The van der Waals surface area contributed by atoms with Crippen LogP contribution < -0.4 is 9.47 Å². The molecule has 6 heteroatoms. The van der Waals surface area contributed by atoms with Crippen LogP contribution in [0.4, 0.5) is 0 Å². The molecule has 0 N–H and O–H groups in total. The van der Waals surface area contributed by atoms with Gasteiger partial charge < -0.3 is 9.47 Å². The second-order valence-corrected chi connectivity index (χ2v) is 8.44. The molecule has 1 heterocycles. The molecule has 0 unspecified atom stereocenters. The maximum absolute atomic E-state index is 13.4. The van der Waals surface area contributed by atoms with Gasteiger partial charge in [-0.1, -0.05) is 48.5 Å². The zero-order valence-corrected chi connectivity index (χ0v) is 17.5. The SMILES string of the molecule is COc1ccc(/C=C/c2cc3ccccc3n2S(=O)(=O)c2ccccc2)cc1OC. The van der Waals surface area contributed by atoms with Gasteiger partial charge in [-0.15, -0.1) is 0 Å². The summed E-state index contributed by atoms with van der Waals surface area (Å²) in [6, 6.07) is 23.3. The van der Waals surface area contributed by atoms with Crippen LogP contribution in [0, 0.1) is 0 Å². The summed E-state index contributed by atoms with van der Waals surface area (Å²) in [6.45, 7) is 0. The standard InChI is InChI=1S/C24H21NO4S/c1-28-23-15-13-18(16-24(23)29-2)12-14-20-17-19-8-6-7-11-22(19)25(20)30(26,27)21-9-4-3-5-10-21/h3-17H,1-2H3/b14-12+. The number of para-hydroxylation sites is 1. The molecule has 1 aromatic heterocycles. The zero-order valence-electron chi connectivity index (χ0n) is 16.6. The summed E-state index contributed by atoms with van der Waals surface area (Å²) in [4.78, 5) is 0.243. The zero-order chi connectivity index (χ0) is 21.1. The van der Waals surface area contributed by atoms with E-state index in [0.29, 0.717) is 22.7 Å². The highest BCUT2D eigenvalue weighted by atomic mass is 32.2. The van der Waals surface area contributed by atoms with E-state index >= 15 is 0 Å². The van der Waals surface area contributed by atoms with Gasteiger partial charge in [0.05, 0.1) is 30.3 Å². The second-order valence-electron chi connectivity index (χ2n) is 6.66. The van der Waals surface area contributed by atoms with Gasteiger partial charge in [-0.2, -0.15) is 0 Å². The maximum atomic E-state index is 13.4. The van der Waals surface area contributed by atoms with Crippen LogP contribution in [0.5, 0.6) is 11.5 Å². The number of nitrogens with zero attached hydrogens (tertiary/aromatic N) is 1. The van der Waals surface area contributed by atoms with Crippen molar-refractivity contribution in [1.29, 1.82) is 0 Å². The van der Waals surface area contributed by atoms with Crippen molar-refractivity contribution in [3.8, 4) is 11.5 Å². The molecule has 30 heavy (non-hydrogen) atoms. The van der Waals surface area contributed by atoms with Gasteiger partial charge in [0.25, 0.3) is 10.0 Å². The van der Waals surface area contributed by atoms with Gasteiger partial charge in [0, 0.05) is 5.39 Å². The lowest BCUT2D eigenvalue weighted by Crippen LogP contribution is -2.14. The molecule has 152 valence electrons. The van der Waals surface area contributed by atoms with E-state index in [2.05, 4.69) is 0 Å². The molecule has 0 radical (unpaired) electrons. The van der Waals surface area contributed by atoms with Gasteiger partial charge in [-0.05, 0) is 48.0 Å². The predicted octanol–water partition coefficient (Wildman–Crippen LogP) is 5.07. The van der Waals surface area contributed by atoms with Gasteiger partial charge in [-0.25, -0.2) is 12.4 Å². The second kappa shape index (κ2) is 8.08. The van der Waals surface area contributed by atoms with E-state index in [-0.39, 0.29) is 4.90 Å². The van der Waals surface area contributed by atoms with Crippen LogP contribution in [0.2, 0.25) is 0 Å². The fourth-order valence-corrected chi connectivity index (χ4v) is 4.90. The van der Waals surface area contributed by atoms with Crippen LogP contribution in [0.1, 0.15) is 11.3 Å². The molecule has 0 atom stereocenters. The Labute approximate surface area is 175 Å². The van der Waals surface area contributed by atoms with E-state index in [4.69, 9.17) is 9.47 Å². The lowest BCUT2D eigenvalue weighted by Gasteiger charge is -2.10. The molecule has 0 amide bonds. The summed E-state index contributed by atoms with van der Waals surface area (Å²) in [5.74, 6) is 1.24. The molecule has 0 aliphatic heterocycles. The lowest BCUT2D eigenvalue weighted by molar-refractivity contribution is 0.355. The van der Waals surface area contributed by atoms with Crippen molar-refractivity contribution in [3.05, 3.63) is 90.1 Å². The first-order valence-electron chi connectivity index (χ1n) is 9.36. The van der Waals surface area contributed by atoms with Gasteiger partial charge in [0.15, 0.2) is 11.5 Å². The van der Waals surface area contributed by atoms with Crippen LogP contribution >= 0.6 is 0 Å². The fraction of sp³-hybridized carbons (Fsp3) is 0.0833. The van der Waals surface area contributed by atoms with Gasteiger partial charge in [-0.3, -0.25) is 0 Å². The van der Waals surface area contributed by atoms with Crippen molar-refractivity contribution in [3.63, 3.8) is 0 Å². The molecule has 0 saturated carbocycles. The molecule has 5 nitrogen and oxygen atoms in total. The number of benzene rings is 3. The molecule has 3 aromatic carbocycles. The van der Waals surface area contributed by atoms with Crippen LogP contribution in [0.25, 0.3) is 23.1 Å². The van der Waals surface area contributed by atoms with E-state index < -0.39 is 10.0 Å².